The van der Waals surface area contributed by atoms with Gasteiger partial charge in [0, 0.05) is 25.2 Å². The van der Waals surface area contributed by atoms with Gasteiger partial charge in [0.2, 0.25) is 0 Å². The van der Waals surface area contributed by atoms with Gasteiger partial charge in [0.05, 0.1) is 5.69 Å². The molecule has 0 fully saturated rings. The summed E-state index contributed by atoms with van der Waals surface area (Å²) in [6, 6.07) is 14.1. The normalized spacial score (nSPS) is 10.6. The highest BCUT2D eigenvalue weighted by Gasteiger charge is 2.07. The summed E-state index contributed by atoms with van der Waals surface area (Å²) in [5.74, 6) is 0.964. The van der Waals surface area contributed by atoms with E-state index in [9.17, 15) is 0 Å². The quantitative estimate of drug-likeness (QED) is 0.787. The fraction of sp³-hybridized carbons (Fsp3) is 0.353. The minimum atomic E-state index is 0.749. The lowest BCUT2D eigenvalue weighted by atomic mass is 10.2. The van der Waals surface area contributed by atoms with Crippen LogP contribution in [-0.2, 0) is 13.1 Å². The van der Waals surface area contributed by atoms with Crippen LogP contribution in [0.25, 0.3) is 0 Å². The summed E-state index contributed by atoms with van der Waals surface area (Å²) in [6.07, 6.45) is 1.13. The molecular weight excluding hydrogens is 282 g/mol. The fourth-order valence-corrected chi connectivity index (χ4v) is 2.33. The van der Waals surface area contributed by atoms with E-state index in [2.05, 4.69) is 23.2 Å². The van der Waals surface area contributed by atoms with Gasteiger partial charge in [-0.3, -0.25) is 0 Å². The number of rotatable bonds is 7. The van der Waals surface area contributed by atoms with Crippen LogP contribution in [0.1, 0.15) is 24.6 Å². The van der Waals surface area contributed by atoms with Crippen molar-refractivity contribution in [3.05, 3.63) is 58.7 Å². The van der Waals surface area contributed by atoms with Crippen molar-refractivity contribution in [2.24, 2.45) is 0 Å². The van der Waals surface area contributed by atoms with Gasteiger partial charge in [-0.1, -0.05) is 42.8 Å². The first-order chi connectivity index (χ1) is 10.2. The largest absolute Gasteiger partial charge is 0.355 e. The van der Waals surface area contributed by atoms with Gasteiger partial charge in [0.25, 0.3) is 0 Å². The third-order valence-electron chi connectivity index (χ3n) is 3.28. The second kappa shape index (κ2) is 8.01. The monoisotopic (exact) mass is 303 g/mol. The summed E-state index contributed by atoms with van der Waals surface area (Å²) in [4.78, 5) is 6.81. The lowest BCUT2D eigenvalue weighted by Gasteiger charge is -2.19. The van der Waals surface area contributed by atoms with Gasteiger partial charge >= 0.3 is 0 Å². The lowest BCUT2D eigenvalue weighted by Crippen LogP contribution is -2.20. The van der Waals surface area contributed by atoms with Gasteiger partial charge in [0.15, 0.2) is 0 Å². The molecule has 2 aromatic rings. The summed E-state index contributed by atoms with van der Waals surface area (Å²) in [5.41, 5.74) is 2.17. The molecule has 4 heteroatoms. The van der Waals surface area contributed by atoms with E-state index in [-0.39, 0.29) is 0 Å². The van der Waals surface area contributed by atoms with Gasteiger partial charge in [-0.05, 0) is 36.7 Å². The van der Waals surface area contributed by atoms with Gasteiger partial charge < -0.3 is 10.2 Å². The van der Waals surface area contributed by atoms with E-state index < -0.39 is 0 Å². The van der Waals surface area contributed by atoms with E-state index in [1.165, 1.54) is 0 Å². The Morgan fingerprint density at radius 2 is 1.95 bits per heavy atom. The molecule has 1 aromatic carbocycles. The maximum Gasteiger partial charge on any atom is 0.128 e. The number of hydrogen-bond acceptors (Lipinski definition) is 3. The van der Waals surface area contributed by atoms with Crippen LogP contribution >= 0.6 is 11.6 Å². The number of benzene rings is 1. The number of pyridine rings is 1. The van der Waals surface area contributed by atoms with E-state index in [1.54, 1.807) is 0 Å². The first kappa shape index (κ1) is 15.8. The topological polar surface area (TPSA) is 28.2 Å². The van der Waals surface area contributed by atoms with Gasteiger partial charge in [-0.15, -0.1) is 0 Å². The van der Waals surface area contributed by atoms with Crippen LogP contribution in [0.2, 0.25) is 5.02 Å². The van der Waals surface area contributed by atoms with Crippen molar-refractivity contribution in [2.75, 3.05) is 18.5 Å². The maximum absolute atomic E-state index is 6.21. The predicted octanol–water partition coefficient (Wildman–Crippen LogP) is 3.87. The zero-order valence-corrected chi connectivity index (χ0v) is 13.4. The van der Waals surface area contributed by atoms with Crippen LogP contribution in [-0.4, -0.2) is 18.6 Å². The van der Waals surface area contributed by atoms with Crippen LogP contribution in [0.15, 0.2) is 42.5 Å². The van der Waals surface area contributed by atoms with E-state index in [0.717, 1.165) is 48.2 Å². The van der Waals surface area contributed by atoms with Crippen LogP contribution in [0.4, 0.5) is 5.82 Å². The average Bonchev–Trinajstić information content (AvgIpc) is 2.50. The molecule has 0 spiro atoms. The molecule has 0 aliphatic carbocycles. The third-order valence-corrected chi connectivity index (χ3v) is 3.65. The Morgan fingerprint density at radius 3 is 2.71 bits per heavy atom. The Morgan fingerprint density at radius 1 is 1.14 bits per heavy atom. The Bertz CT molecular complexity index is 571. The van der Waals surface area contributed by atoms with Crippen molar-refractivity contribution in [3.8, 4) is 0 Å². The standard InChI is InChI=1S/C17H22ClN3/c1-3-11-19-12-15-8-6-10-17(20-15)21(2)13-14-7-4-5-9-16(14)18/h4-10,19H,3,11-13H2,1-2H3. The zero-order valence-electron chi connectivity index (χ0n) is 12.6. The van der Waals surface area contributed by atoms with Gasteiger partial charge in [0.1, 0.15) is 5.82 Å². The first-order valence-corrected chi connectivity index (χ1v) is 7.69. The molecule has 3 nitrogen and oxygen atoms in total. The molecule has 21 heavy (non-hydrogen) atoms. The van der Waals surface area contributed by atoms with Crippen LogP contribution in [0, 0.1) is 0 Å². The molecule has 0 atom stereocenters. The predicted molar refractivity (Wildman–Crippen MR) is 89.8 cm³/mol. The Hall–Kier alpha value is -1.58. The van der Waals surface area contributed by atoms with Crippen molar-refractivity contribution in [1.82, 2.24) is 10.3 Å². The number of anilines is 1. The van der Waals surface area contributed by atoms with Gasteiger partial charge in [-0.2, -0.15) is 0 Å². The number of halogens is 1. The number of aromatic nitrogens is 1. The van der Waals surface area contributed by atoms with Crippen LogP contribution in [0.3, 0.4) is 0 Å². The summed E-state index contributed by atoms with van der Waals surface area (Å²) in [5, 5.41) is 4.17. The molecule has 0 unspecified atom stereocenters. The van der Waals surface area contributed by atoms with E-state index in [0.29, 0.717) is 0 Å². The SMILES string of the molecule is CCCNCc1cccc(N(C)Cc2ccccc2Cl)n1. The molecule has 0 aliphatic heterocycles. The summed E-state index contributed by atoms with van der Waals surface area (Å²) < 4.78 is 0. The van der Waals surface area contributed by atoms with Gasteiger partial charge in [-0.25, -0.2) is 4.98 Å². The molecule has 0 saturated carbocycles. The molecule has 2 rings (SSSR count). The fourth-order valence-electron chi connectivity index (χ4n) is 2.13. The number of hydrogen-bond donors (Lipinski definition) is 1. The molecule has 112 valence electrons. The van der Waals surface area contributed by atoms with E-state index in [1.807, 2.05) is 43.4 Å². The summed E-state index contributed by atoms with van der Waals surface area (Å²) in [7, 11) is 2.04. The van der Waals surface area contributed by atoms with Crippen molar-refractivity contribution in [3.63, 3.8) is 0 Å². The minimum absolute atomic E-state index is 0.749. The highest BCUT2D eigenvalue weighted by molar-refractivity contribution is 6.31. The van der Waals surface area contributed by atoms with Crippen LogP contribution < -0.4 is 10.2 Å². The zero-order chi connectivity index (χ0) is 15.1. The van der Waals surface area contributed by atoms with Crippen molar-refractivity contribution >= 4 is 17.4 Å². The number of nitrogens with one attached hydrogen (secondary N) is 1. The molecule has 0 aliphatic rings. The Kier molecular flexibility index (Phi) is 6.03. The van der Waals surface area contributed by atoms with Crippen LogP contribution in [0.5, 0.6) is 0 Å². The first-order valence-electron chi connectivity index (χ1n) is 7.32. The number of nitrogens with zero attached hydrogens (tertiary/aromatic N) is 2. The van der Waals surface area contributed by atoms with Crippen molar-refractivity contribution in [2.45, 2.75) is 26.4 Å². The molecule has 1 aromatic heterocycles. The molecule has 0 radical (unpaired) electrons. The molecule has 0 amide bonds. The maximum atomic E-state index is 6.21. The highest BCUT2D eigenvalue weighted by Crippen LogP contribution is 2.19. The minimum Gasteiger partial charge on any atom is -0.355 e. The highest BCUT2D eigenvalue weighted by atomic mass is 35.5. The smallest absolute Gasteiger partial charge is 0.128 e. The lowest BCUT2D eigenvalue weighted by molar-refractivity contribution is 0.663. The Balaban J connectivity index is 2.03. The second-order valence-corrected chi connectivity index (χ2v) is 5.52. The molecule has 0 saturated heterocycles. The van der Waals surface area contributed by atoms with E-state index >= 15 is 0 Å². The van der Waals surface area contributed by atoms with E-state index in [4.69, 9.17) is 16.6 Å². The molecule has 1 heterocycles. The molecule has 1 N–H and O–H groups in total. The third kappa shape index (κ3) is 4.73. The molecular formula is C17H22ClN3. The second-order valence-electron chi connectivity index (χ2n) is 5.11. The van der Waals surface area contributed by atoms with Crippen molar-refractivity contribution < 1.29 is 0 Å². The molecule has 0 bridgehead atoms. The van der Waals surface area contributed by atoms with Crippen molar-refractivity contribution in [1.29, 1.82) is 0 Å². The average molecular weight is 304 g/mol. The summed E-state index contributed by atoms with van der Waals surface area (Å²) in [6.45, 7) is 4.73. The summed E-state index contributed by atoms with van der Waals surface area (Å²) >= 11 is 6.21. The Labute approximate surface area is 132 Å².